The van der Waals surface area contributed by atoms with E-state index in [2.05, 4.69) is 30.2 Å². The fourth-order valence-electron chi connectivity index (χ4n) is 2.71. The van der Waals surface area contributed by atoms with Crippen LogP contribution in [0.2, 0.25) is 0 Å². The molecular weight excluding hydrogens is 224 g/mol. The average molecular weight is 246 g/mol. The van der Waals surface area contributed by atoms with Gasteiger partial charge in [0, 0.05) is 12.6 Å². The summed E-state index contributed by atoms with van der Waals surface area (Å²) in [6.45, 7) is 5.55. The molecular formula is C15H22N2O. The molecule has 0 aromatic carbocycles. The maximum absolute atomic E-state index is 5.05. The van der Waals surface area contributed by atoms with E-state index in [1.54, 1.807) is 7.11 Å². The summed E-state index contributed by atoms with van der Waals surface area (Å²) < 4.78 is 5.05. The summed E-state index contributed by atoms with van der Waals surface area (Å²) in [5.41, 5.74) is 2.59. The normalized spacial score (nSPS) is 23.4. The van der Waals surface area contributed by atoms with Crippen molar-refractivity contribution in [2.45, 2.75) is 26.7 Å². The van der Waals surface area contributed by atoms with Gasteiger partial charge in [0.2, 0.25) is 5.88 Å². The molecule has 0 amide bonds. The van der Waals surface area contributed by atoms with E-state index in [-0.39, 0.29) is 0 Å². The van der Waals surface area contributed by atoms with Gasteiger partial charge < -0.3 is 10.1 Å². The maximum atomic E-state index is 5.05. The van der Waals surface area contributed by atoms with E-state index in [0.29, 0.717) is 11.8 Å². The molecule has 0 saturated carbocycles. The average Bonchev–Trinajstić information content (AvgIpc) is 2.36. The Balaban J connectivity index is 1.86. The van der Waals surface area contributed by atoms with Crippen molar-refractivity contribution in [1.29, 1.82) is 0 Å². The van der Waals surface area contributed by atoms with Crippen LogP contribution in [0.25, 0.3) is 0 Å². The molecule has 1 aliphatic carbocycles. The van der Waals surface area contributed by atoms with Crippen molar-refractivity contribution in [2.24, 2.45) is 11.8 Å². The third kappa shape index (κ3) is 3.49. The third-order valence-electron chi connectivity index (χ3n) is 3.43. The van der Waals surface area contributed by atoms with Crippen LogP contribution in [0, 0.1) is 11.8 Å². The molecule has 1 aromatic heterocycles. The smallest absolute Gasteiger partial charge is 0.213 e. The van der Waals surface area contributed by atoms with Crippen LogP contribution in [0.4, 0.5) is 5.69 Å². The van der Waals surface area contributed by atoms with Crippen molar-refractivity contribution in [3.63, 3.8) is 0 Å². The van der Waals surface area contributed by atoms with Crippen molar-refractivity contribution in [1.82, 2.24) is 4.98 Å². The molecule has 18 heavy (non-hydrogen) atoms. The minimum atomic E-state index is 0.658. The highest BCUT2D eigenvalue weighted by Crippen LogP contribution is 2.28. The Morgan fingerprint density at radius 3 is 2.89 bits per heavy atom. The van der Waals surface area contributed by atoms with Gasteiger partial charge in [-0.15, -0.1) is 0 Å². The van der Waals surface area contributed by atoms with E-state index in [9.17, 15) is 0 Å². The van der Waals surface area contributed by atoms with E-state index < -0.39 is 0 Å². The molecule has 2 atom stereocenters. The van der Waals surface area contributed by atoms with Crippen molar-refractivity contribution < 1.29 is 4.74 Å². The fourth-order valence-corrected chi connectivity index (χ4v) is 2.71. The molecule has 98 valence electrons. The number of hydrogen-bond acceptors (Lipinski definition) is 3. The Bertz CT molecular complexity index is 411. The first-order chi connectivity index (χ1) is 8.67. The number of pyridine rings is 1. The van der Waals surface area contributed by atoms with Gasteiger partial charge in [-0.2, -0.15) is 0 Å². The molecule has 1 aromatic rings. The van der Waals surface area contributed by atoms with Crippen molar-refractivity contribution >= 4 is 5.69 Å². The number of methoxy groups -OCH3 is 1. The lowest BCUT2D eigenvalue weighted by Crippen LogP contribution is -2.20. The topological polar surface area (TPSA) is 34.1 Å². The molecule has 1 N–H and O–H groups in total. The van der Waals surface area contributed by atoms with E-state index in [4.69, 9.17) is 4.74 Å². The third-order valence-corrected chi connectivity index (χ3v) is 3.43. The summed E-state index contributed by atoms with van der Waals surface area (Å²) in [5, 5.41) is 3.46. The molecule has 0 bridgehead atoms. The Morgan fingerprint density at radius 1 is 1.44 bits per heavy atom. The zero-order valence-corrected chi connectivity index (χ0v) is 11.4. The largest absolute Gasteiger partial charge is 0.481 e. The highest BCUT2D eigenvalue weighted by atomic mass is 16.5. The Hall–Kier alpha value is -1.51. The van der Waals surface area contributed by atoms with Crippen LogP contribution in [-0.2, 0) is 0 Å². The Morgan fingerprint density at radius 2 is 2.28 bits per heavy atom. The monoisotopic (exact) mass is 246 g/mol. The summed E-state index contributed by atoms with van der Waals surface area (Å²) in [7, 11) is 1.63. The number of nitrogens with one attached hydrogen (secondary N) is 1. The Labute approximate surface area is 109 Å². The number of hydrogen-bond donors (Lipinski definition) is 1. The van der Waals surface area contributed by atoms with Crippen molar-refractivity contribution in [3.05, 3.63) is 30.0 Å². The first kappa shape index (κ1) is 12.9. The quantitative estimate of drug-likeness (QED) is 0.826. The van der Waals surface area contributed by atoms with Crippen LogP contribution in [0.1, 0.15) is 26.7 Å². The van der Waals surface area contributed by atoms with E-state index >= 15 is 0 Å². The van der Waals surface area contributed by atoms with Gasteiger partial charge in [-0.05, 0) is 37.7 Å². The number of allylic oxidation sites excluding steroid dienone is 2. The second-order valence-electron chi connectivity index (χ2n) is 5.27. The Kier molecular flexibility index (Phi) is 4.24. The van der Waals surface area contributed by atoms with E-state index in [1.807, 2.05) is 18.3 Å². The van der Waals surface area contributed by atoms with Crippen molar-refractivity contribution in [2.75, 3.05) is 19.0 Å². The number of aromatic nitrogens is 1. The van der Waals surface area contributed by atoms with Crippen LogP contribution in [0.5, 0.6) is 5.88 Å². The molecule has 3 nitrogen and oxygen atoms in total. The standard InChI is InChI=1S/C15H22N2O/c1-11-6-12(2)8-13(7-11)9-16-14-4-5-15(18-3)17-10-14/h4-6,10-11,13,16H,7-9H2,1-3H3. The molecule has 0 radical (unpaired) electrons. The second kappa shape index (κ2) is 5.89. The van der Waals surface area contributed by atoms with E-state index in [1.165, 1.54) is 18.4 Å². The number of nitrogens with zero attached hydrogens (tertiary/aromatic N) is 1. The molecule has 0 aliphatic heterocycles. The summed E-state index contributed by atoms with van der Waals surface area (Å²) in [6.07, 6.45) is 6.70. The highest BCUT2D eigenvalue weighted by molar-refractivity contribution is 5.42. The van der Waals surface area contributed by atoms with Gasteiger partial charge in [0.25, 0.3) is 0 Å². The fraction of sp³-hybridized carbons (Fsp3) is 0.533. The predicted molar refractivity (Wildman–Crippen MR) is 74.9 cm³/mol. The van der Waals surface area contributed by atoms with Gasteiger partial charge in [-0.25, -0.2) is 4.98 Å². The number of rotatable bonds is 4. The van der Waals surface area contributed by atoms with Crippen LogP contribution in [0.3, 0.4) is 0 Å². The minimum Gasteiger partial charge on any atom is -0.481 e. The number of ether oxygens (including phenoxy) is 1. The van der Waals surface area contributed by atoms with Gasteiger partial charge in [0.1, 0.15) is 0 Å². The maximum Gasteiger partial charge on any atom is 0.213 e. The van der Waals surface area contributed by atoms with Crippen LogP contribution in [0.15, 0.2) is 30.0 Å². The first-order valence-electron chi connectivity index (χ1n) is 6.58. The summed E-state index contributed by atoms with van der Waals surface area (Å²) in [6, 6.07) is 3.90. The lowest BCUT2D eigenvalue weighted by molar-refractivity contribution is 0.398. The van der Waals surface area contributed by atoms with Gasteiger partial charge >= 0.3 is 0 Å². The van der Waals surface area contributed by atoms with Gasteiger partial charge in [0.05, 0.1) is 19.0 Å². The molecule has 3 heteroatoms. The first-order valence-corrected chi connectivity index (χ1v) is 6.58. The van der Waals surface area contributed by atoms with Crippen LogP contribution in [-0.4, -0.2) is 18.6 Å². The molecule has 0 spiro atoms. The molecule has 0 saturated heterocycles. The molecule has 2 rings (SSSR count). The van der Waals surface area contributed by atoms with Crippen LogP contribution < -0.4 is 10.1 Å². The summed E-state index contributed by atoms with van der Waals surface area (Å²) in [5.74, 6) is 2.09. The zero-order chi connectivity index (χ0) is 13.0. The predicted octanol–water partition coefficient (Wildman–Crippen LogP) is 3.49. The lowest BCUT2D eigenvalue weighted by Gasteiger charge is -2.25. The molecule has 1 aliphatic rings. The van der Waals surface area contributed by atoms with Crippen molar-refractivity contribution in [3.8, 4) is 5.88 Å². The molecule has 1 heterocycles. The highest BCUT2D eigenvalue weighted by Gasteiger charge is 2.17. The zero-order valence-electron chi connectivity index (χ0n) is 11.4. The van der Waals surface area contributed by atoms with E-state index in [0.717, 1.165) is 18.2 Å². The number of anilines is 1. The van der Waals surface area contributed by atoms with Gasteiger partial charge in [0.15, 0.2) is 0 Å². The second-order valence-corrected chi connectivity index (χ2v) is 5.27. The summed E-state index contributed by atoms with van der Waals surface area (Å²) in [4.78, 5) is 4.19. The van der Waals surface area contributed by atoms with Gasteiger partial charge in [-0.3, -0.25) is 0 Å². The molecule has 0 fully saturated rings. The van der Waals surface area contributed by atoms with Crippen LogP contribution >= 0.6 is 0 Å². The summed E-state index contributed by atoms with van der Waals surface area (Å²) >= 11 is 0. The minimum absolute atomic E-state index is 0.658. The SMILES string of the molecule is COc1ccc(NCC2CC(C)=CC(C)C2)cn1. The lowest BCUT2D eigenvalue weighted by atomic mass is 9.84. The molecule has 2 unspecified atom stereocenters. The van der Waals surface area contributed by atoms with Gasteiger partial charge in [-0.1, -0.05) is 18.6 Å².